The van der Waals surface area contributed by atoms with Crippen LogP contribution < -0.4 is 0 Å². The van der Waals surface area contributed by atoms with Gasteiger partial charge in [0.2, 0.25) is 0 Å². The minimum Gasteiger partial charge on any atom is -0.393 e. The molecule has 0 fully saturated rings. The van der Waals surface area contributed by atoms with Gasteiger partial charge in [-0.2, -0.15) is 13.2 Å². The first kappa shape index (κ1) is 16.7. The zero-order valence-electron chi connectivity index (χ0n) is 11.2. The molecule has 0 amide bonds. The predicted octanol–water partition coefficient (Wildman–Crippen LogP) is 2.67. The lowest BCUT2D eigenvalue weighted by atomic mass is 9.84. The van der Waals surface area contributed by atoms with E-state index in [1.807, 2.05) is 0 Å². The SMILES string of the molecule is CCC(O)C(c1ccccc1C(=O)C(F)(F)F)C(C)O. The number of aliphatic hydroxyl groups excluding tert-OH is 2. The molecule has 6 heteroatoms. The van der Waals surface area contributed by atoms with Gasteiger partial charge in [-0.3, -0.25) is 4.79 Å². The summed E-state index contributed by atoms with van der Waals surface area (Å²) in [4.78, 5) is 11.4. The summed E-state index contributed by atoms with van der Waals surface area (Å²) in [5.41, 5.74) is -0.516. The van der Waals surface area contributed by atoms with E-state index >= 15 is 0 Å². The van der Waals surface area contributed by atoms with Gasteiger partial charge in [0.1, 0.15) is 0 Å². The Labute approximate surface area is 115 Å². The van der Waals surface area contributed by atoms with Crippen LogP contribution in [0.25, 0.3) is 0 Å². The van der Waals surface area contributed by atoms with Crippen molar-refractivity contribution in [3.8, 4) is 0 Å². The van der Waals surface area contributed by atoms with Crippen LogP contribution in [-0.4, -0.2) is 34.4 Å². The van der Waals surface area contributed by atoms with Crippen molar-refractivity contribution in [3.05, 3.63) is 35.4 Å². The maximum absolute atomic E-state index is 12.6. The molecule has 2 N–H and O–H groups in total. The Kier molecular flexibility index (Phi) is 5.30. The van der Waals surface area contributed by atoms with E-state index in [0.29, 0.717) is 0 Å². The maximum Gasteiger partial charge on any atom is 0.454 e. The molecule has 0 radical (unpaired) electrons. The summed E-state index contributed by atoms with van der Waals surface area (Å²) in [5, 5.41) is 19.6. The van der Waals surface area contributed by atoms with Crippen LogP contribution >= 0.6 is 0 Å². The van der Waals surface area contributed by atoms with Crippen LogP contribution in [-0.2, 0) is 0 Å². The molecule has 0 bridgehead atoms. The van der Waals surface area contributed by atoms with Crippen molar-refractivity contribution in [1.29, 1.82) is 0 Å². The average Bonchev–Trinajstić information content (AvgIpc) is 2.37. The average molecular weight is 290 g/mol. The van der Waals surface area contributed by atoms with Gasteiger partial charge in [-0.25, -0.2) is 0 Å². The normalized spacial score (nSPS) is 16.6. The molecular formula is C14H17F3O3. The van der Waals surface area contributed by atoms with Crippen LogP contribution in [0, 0.1) is 0 Å². The minimum absolute atomic E-state index is 0.0131. The lowest BCUT2D eigenvalue weighted by Crippen LogP contribution is -2.31. The van der Waals surface area contributed by atoms with E-state index in [1.165, 1.54) is 25.1 Å². The first-order valence-electron chi connectivity index (χ1n) is 6.26. The van der Waals surface area contributed by atoms with E-state index in [1.54, 1.807) is 6.92 Å². The number of carbonyl (C=O) groups excluding carboxylic acids is 1. The van der Waals surface area contributed by atoms with E-state index in [0.717, 1.165) is 6.07 Å². The van der Waals surface area contributed by atoms with Crippen molar-refractivity contribution in [2.75, 3.05) is 0 Å². The monoisotopic (exact) mass is 290 g/mol. The molecule has 112 valence electrons. The Bertz CT molecular complexity index is 469. The molecule has 0 aromatic heterocycles. The van der Waals surface area contributed by atoms with Gasteiger partial charge in [0, 0.05) is 11.5 Å². The molecule has 0 spiro atoms. The number of rotatable bonds is 5. The van der Waals surface area contributed by atoms with Crippen LogP contribution in [0.3, 0.4) is 0 Å². The van der Waals surface area contributed by atoms with Crippen LogP contribution in [0.5, 0.6) is 0 Å². The van der Waals surface area contributed by atoms with Crippen LogP contribution in [0.4, 0.5) is 13.2 Å². The molecule has 0 saturated heterocycles. The van der Waals surface area contributed by atoms with E-state index in [4.69, 9.17) is 0 Å². The summed E-state index contributed by atoms with van der Waals surface area (Å²) >= 11 is 0. The maximum atomic E-state index is 12.6. The second-order valence-electron chi connectivity index (χ2n) is 4.66. The van der Waals surface area contributed by atoms with E-state index in [2.05, 4.69) is 0 Å². The van der Waals surface area contributed by atoms with Crippen molar-refractivity contribution in [2.24, 2.45) is 0 Å². The molecule has 1 aromatic carbocycles. The number of hydrogen-bond donors (Lipinski definition) is 2. The van der Waals surface area contributed by atoms with Gasteiger partial charge in [-0.15, -0.1) is 0 Å². The number of alkyl halides is 3. The van der Waals surface area contributed by atoms with Gasteiger partial charge in [0.25, 0.3) is 5.78 Å². The third-order valence-electron chi connectivity index (χ3n) is 3.17. The number of ketones is 1. The Morgan fingerprint density at radius 2 is 1.80 bits per heavy atom. The highest BCUT2D eigenvalue weighted by molar-refractivity contribution is 6.01. The van der Waals surface area contributed by atoms with Gasteiger partial charge < -0.3 is 10.2 Å². The first-order valence-corrected chi connectivity index (χ1v) is 6.26. The quantitative estimate of drug-likeness (QED) is 0.820. The number of carbonyl (C=O) groups is 1. The molecule has 1 rings (SSSR count). The number of benzene rings is 1. The number of Topliss-reactive ketones (excluding diaryl/α,β-unsaturated/α-hetero) is 1. The lowest BCUT2D eigenvalue weighted by molar-refractivity contribution is -0.0887. The van der Waals surface area contributed by atoms with Crippen molar-refractivity contribution < 1.29 is 28.2 Å². The molecule has 20 heavy (non-hydrogen) atoms. The highest BCUT2D eigenvalue weighted by atomic mass is 19.4. The summed E-state index contributed by atoms with van der Waals surface area (Å²) in [6.07, 6.45) is -6.84. The van der Waals surface area contributed by atoms with Crippen LogP contribution in [0.2, 0.25) is 0 Å². The molecule has 0 aliphatic carbocycles. The van der Waals surface area contributed by atoms with Crippen molar-refractivity contribution in [1.82, 2.24) is 0 Å². The topological polar surface area (TPSA) is 57.5 Å². The fraction of sp³-hybridized carbons (Fsp3) is 0.500. The first-order chi connectivity index (χ1) is 9.20. The Morgan fingerprint density at radius 1 is 1.25 bits per heavy atom. The molecule has 3 nitrogen and oxygen atoms in total. The van der Waals surface area contributed by atoms with Gasteiger partial charge in [-0.1, -0.05) is 31.2 Å². The number of hydrogen-bond acceptors (Lipinski definition) is 3. The largest absolute Gasteiger partial charge is 0.454 e. The smallest absolute Gasteiger partial charge is 0.393 e. The highest BCUT2D eigenvalue weighted by Crippen LogP contribution is 2.32. The Morgan fingerprint density at radius 3 is 2.25 bits per heavy atom. The minimum atomic E-state index is -4.99. The molecule has 0 aliphatic heterocycles. The summed E-state index contributed by atoms with van der Waals surface area (Å²) in [5.74, 6) is -2.91. The fourth-order valence-electron chi connectivity index (χ4n) is 2.19. The fourth-order valence-corrected chi connectivity index (χ4v) is 2.19. The third-order valence-corrected chi connectivity index (χ3v) is 3.17. The van der Waals surface area contributed by atoms with Crippen molar-refractivity contribution in [3.63, 3.8) is 0 Å². The Balaban J connectivity index is 3.34. The van der Waals surface area contributed by atoms with Gasteiger partial charge in [-0.05, 0) is 18.9 Å². The third kappa shape index (κ3) is 3.58. The zero-order chi connectivity index (χ0) is 15.5. The standard InChI is InChI=1S/C14H17F3O3/c1-3-11(19)12(8(2)18)9-6-4-5-7-10(9)13(20)14(15,16)17/h4-8,11-12,18-19H,3H2,1-2H3. The van der Waals surface area contributed by atoms with Crippen molar-refractivity contribution >= 4 is 5.78 Å². The predicted molar refractivity (Wildman–Crippen MR) is 67.5 cm³/mol. The lowest BCUT2D eigenvalue weighted by Gasteiger charge is -2.27. The zero-order valence-corrected chi connectivity index (χ0v) is 11.2. The molecule has 0 aliphatic rings. The molecule has 0 heterocycles. The highest BCUT2D eigenvalue weighted by Gasteiger charge is 2.41. The summed E-state index contributed by atoms with van der Waals surface area (Å²) in [7, 11) is 0. The molecule has 1 aromatic rings. The van der Waals surface area contributed by atoms with E-state index in [-0.39, 0.29) is 12.0 Å². The number of halogens is 3. The van der Waals surface area contributed by atoms with Gasteiger partial charge in [0.05, 0.1) is 12.2 Å². The van der Waals surface area contributed by atoms with Crippen LogP contribution in [0.1, 0.15) is 42.1 Å². The summed E-state index contributed by atoms with van der Waals surface area (Å²) in [6, 6.07) is 5.18. The summed E-state index contributed by atoms with van der Waals surface area (Å²) < 4.78 is 37.8. The van der Waals surface area contributed by atoms with Gasteiger partial charge in [0.15, 0.2) is 0 Å². The molecule has 3 atom stereocenters. The van der Waals surface area contributed by atoms with E-state index < -0.39 is 35.6 Å². The Hall–Kier alpha value is -1.40. The molecule has 0 saturated carbocycles. The summed E-state index contributed by atoms with van der Waals surface area (Å²) in [6.45, 7) is 3.02. The molecule has 3 unspecified atom stereocenters. The van der Waals surface area contributed by atoms with Gasteiger partial charge >= 0.3 is 6.18 Å². The second kappa shape index (κ2) is 6.37. The van der Waals surface area contributed by atoms with Crippen LogP contribution in [0.15, 0.2) is 24.3 Å². The van der Waals surface area contributed by atoms with Crippen molar-refractivity contribution in [2.45, 2.75) is 44.6 Å². The second-order valence-corrected chi connectivity index (χ2v) is 4.66. The number of aliphatic hydroxyl groups is 2. The molecular weight excluding hydrogens is 273 g/mol. The van der Waals surface area contributed by atoms with E-state index in [9.17, 15) is 28.2 Å².